The maximum Gasteiger partial charge on any atom is 0.231 e. The highest BCUT2D eigenvalue weighted by Crippen LogP contribution is 2.37. The highest BCUT2D eigenvalue weighted by atomic mass is 16.5. The summed E-state index contributed by atoms with van der Waals surface area (Å²) in [4.78, 5) is 25.3. The van der Waals surface area contributed by atoms with E-state index < -0.39 is 11.8 Å². The number of primary amides is 1. The number of aromatic nitrogens is 5. The molecule has 2 N–H and O–H groups in total. The van der Waals surface area contributed by atoms with Crippen molar-refractivity contribution < 1.29 is 23.7 Å². The Labute approximate surface area is 195 Å². The van der Waals surface area contributed by atoms with E-state index in [2.05, 4.69) is 20.1 Å². The Balaban J connectivity index is 1.72. The molecule has 3 heterocycles. The molecule has 0 spiro atoms. The second-order valence-corrected chi connectivity index (χ2v) is 7.23. The van der Waals surface area contributed by atoms with Gasteiger partial charge in [0.25, 0.3) is 0 Å². The summed E-state index contributed by atoms with van der Waals surface area (Å²) in [7, 11) is 4.57. The molecule has 1 aromatic carbocycles. The van der Waals surface area contributed by atoms with E-state index in [0.717, 1.165) is 0 Å². The number of hydrogen-bond acceptors (Lipinski definition) is 9. The van der Waals surface area contributed by atoms with E-state index >= 15 is 0 Å². The lowest BCUT2D eigenvalue weighted by molar-refractivity contribution is -0.118. The zero-order valence-corrected chi connectivity index (χ0v) is 19.2. The molecule has 1 atom stereocenters. The van der Waals surface area contributed by atoms with Crippen LogP contribution in [0.25, 0.3) is 10.9 Å². The molecule has 4 aromatic rings. The average molecular weight is 464 g/mol. The first-order valence-electron chi connectivity index (χ1n) is 10.4. The van der Waals surface area contributed by atoms with E-state index in [9.17, 15) is 4.79 Å². The van der Waals surface area contributed by atoms with Crippen molar-refractivity contribution in [1.29, 1.82) is 0 Å². The Morgan fingerprint density at radius 1 is 1.00 bits per heavy atom. The molecule has 3 aromatic heterocycles. The van der Waals surface area contributed by atoms with Gasteiger partial charge in [0, 0.05) is 30.4 Å². The summed E-state index contributed by atoms with van der Waals surface area (Å²) in [5.74, 6) is 0.622. The topological polar surface area (TPSA) is 136 Å². The third-order valence-corrected chi connectivity index (χ3v) is 5.26. The zero-order chi connectivity index (χ0) is 24.2. The predicted octanol–water partition coefficient (Wildman–Crippen LogP) is 2.68. The number of methoxy groups -OCH3 is 3. The molecule has 11 heteroatoms. The van der Waals surface area contributed by atoms with Gasteiger partial charge >= 0.3 is 0 Å². The standard InChI is InChI=1S/C23H24N6O5/c1-5-29-11-13(9-28-29)20(22(24)30)21-19(33-4)6-14(10-25-21)34-23-15-7-17(31-2)18(32-3)8-16(15)26-12-27-23/h6-12,20H,5H2,1-4H3,(H2,24,30)/t20-/m1/s1. The molecule has 0 aliphatic rings. The van der Waals surface area contributed by atoms with Crippen LogP contribution in [0.1, 0.15) is 24.1 Å². The Hall–Kier alpha value is -4.41. The Kier molecular flexibility index (Phi) is 6.44. The van der Waals surface area contributed by atoms with Crippen LogP contribution in [0.5, 0.6) is 28.9 Å². The van der Waals surface area contributed by atoms with Crippen molar-refractivity contribution >= 4 is 16.8 Å². The van der Waals surface area contributed by atoms with Crippen molar-refractivity contribution in [1.82, 2.24) is 24.7 Å². The van der Waals surface area contributed by atoms with Gasteiger partial charge in [-0.1, -0.05) is 0 Å². The summed E-state index contributed by atoms with van der Waals surface area (Å²) in [6.07, 6.45) is 6.22. The number of pyridine rings is 1. The van der Waals surface area contributed by atoms with E-state index in [1.54, 1.807) is 49.5 Å². The lowest BCUT2D eigenvalue weighted by Gasteiger charge is -2.16. The molecular weight excluding hydrogens is 440 g/mol. The van der Waals surface area contributed by atoms with Crippen molar-refractivity contribution in [3.63, 3.8) is 0 Å². The number of hydrogen-bond donors (Lipinski definition) is 1. The molecule has 0 bridgehead atoms. The fourth-order valence-electron chi connectivity index (χ4n) is 3.58. The SMILES string of the molecule is CCn1cc([C@@H](C(N)=O)c2ncc(Oc3ncnc4cc(OC)c(OC)cc34)cc2OC)cn1. The normalized spacial score (nSPS) is 11.8. The summed E-state index contributed by atoms with van der Waals surface area (Å²) >= 11 is 0. The number of ether oxygens (including phenoxy) is 4. The van der Waals surface area contributed by atoms with Crippen LogP contribution < -0.4 is 24.7 Å². The minimum atomic E-state index is -0.832. The molecule has 1 amide bonds. The number of aryl methyl sites for hydroxylation is 1. The molecule has 4 rings (SSSR count). The van der Waals surface area contributed by atoms with Crippen molar-refractivity contribution in [2.45, 2.75) is 19.4 Å². The average Bonchev–Trinajstić information content (AvgIpc) is 3.32. The molecule has 0 aliphatic carbocycles. The monoisotopic (exact) mass is 464 g/mol. The third-order valence-electron chi connectivity index (χ3n) is 5.26. The van der Waals surface area contributed by atoms with Gasteiger partial charge in [-0.2, -0.15) is 5.10 Å². The number of benzene rings is 1. The van der Waals surface area contributed by atoms with E-state index in [1.807, 2.05) is 6.92 Å². The third kappa shape index (κ3) is 4.27. The molecule has 0 fully saturated rings. The van der Waals surface area contributed by atoms with Crippen LogP contribution in [0.3, 0.4) is 0 Å². The second-order valence-electron chi connectivity index (χ2n) is 7.23. The van der Waals surface area contributed by atoms with Crippen molar-refractivity contribution in [3.8, 4) is 28.9 Å². The van der Waals surface area contributed by atoms with Crippen LogP contribution >= 0.6 is 0 Å². The number of nitrogens with zero attached hydrogens (tertiary/aromatic N) is 5. The highest BCUT2D eigenvalue weighted by Gasteiger charge is 2.27. The van der Waals surface area contributed by atoms with Crippen molar-refractivity contribution in [2.75, 3.05) is 21.3 Å². The highest BCUT2D eigenvalue weighted by molar-refractivity contribution is 5.87. The molecule has 0 radical (unpaired) electrons. The maximum atomic E-state index is 12.3. The molecule has 0 aliphatic heterocycles. The van der Waals surface area contributed by atoms with Crippen molar-refractivity contribution in [2.24, 2.45) is 5.73 Å². The summed E-state index contributed by atoms with van der Waals surface area (Å²) in [6, 6.07) is 5.09. The van der Waals surface area contributed by atoms with Crippen LogP contribution in [0.4, 0.5) is 0 Å². The van der Waals surface area contributed by atoms with E-state index in [4.69, 9.17) is 24.7 Å². The number of carbonyl (C=O) groups is 1. The maximum absolute atomic E-state index is 12.3. The van der Waals surface area contributed by atoms with Crippen LogP contribution in [0.2, 0.25) is 0 Å². The van der Waals surface area contributed by atoms with Crippen molar-refractivity contribution in [3.05, 3.63) is 54.4 Å². The molecule has 0 saturated carbocycles. The summed E-state index contributed by atoms with van der Waals surface area (Å²) in [5, 5.41) is 4.85. The van der Waals surface area contributed by atoms with Gasteiger partial charge in [0.2, 0.25) is 11.8 Å². The molecule has 0 saturated heterocycles. The van der Waals surface area contributed by atoms with E-state index in [-0.39, 0.29) is 0 Å². The van der Waals surface area contributed by atoms with Gasteiger partial charge < -0.3 is 24.7 Å². The quantitative estimate of drug-likeness (QED) is 0.396. The largest absolute Gasteiger partial charge is 0.495 e. The lowest BCUT2D eigenvalue weighted by Crippen LogP contribution is -2.23. The van der Waals surface area contributed by atoms with Gasteiger partial charge in [-0.3, -0.25) is 14.5 Å². The van der Waals surface area contributed by atoms with Crippen LogP contribution in [0.15, 0.2) is 43.1 Å². The Bertz CT molecular complexity index is 1340. The van der Waals surface area contributed by atoms with Gasteiger partial charge in [0.05, 0.1) is 50.3 Å². The smallest absolute Gasteiger partial charge is 0.231 e. The number of nitrogens with two attached hydrogens (primary N) is 1. The molecule has 34 heavy (non-hydrogen) atoms. The molecule has 11 nitrogen and oxygen atoms in total. The van der Waals surface area contributed by atoms with E-state index in [0.29, 0.717) is 57.6 Å². The minimum Gasteiger partial charge on any atom is -0.495 e. The van der Waals surface area contributed by atoms with Gasteiger partial charge in [0.15, 0.2) is 17.2 Å². The second kappa shape index (κ2) is 9.61. The summed E-state index contributed by atoms with van der Waals surface area (Å²) in [5.41, 5.74) is 7.30. The van der Waals surface area contributed by atoms with Gasteiger partial charge in [-0.15, -0.1) is 0 Å². The van der Waals surface area contributed by atoms with Crippen LogP contribution in [-0.2, 0) is 11.3 Å². The number of carbonyl (C=O) groups excluding carboxylic acids is 1. The summed E-state index contributed by atoms with van der Waals surface area (Å²) < 4.78 is 24.0. The number of rotatable bonds is 9. The lowest BCUT2D eigenvalue weighted by atomic mass is 9.96. The zero-order valence-electron chi connectivity index (χ0n) is 19.2. The van der Waals surface area contributed by atoms with Gasteiger partial charge in [-0.25, -0.2) is 9.97 Å². The van der Waals surface area contributed by atoms with E-state index in [1.165, 1.54) is 19.6 Å². The fourth-order valence-corrected chi connectivity index (χ4v) is 3.58. The fraction of sp³-hybridized carbons (Fsp3) is 0.261. The first-order valence-corrected chi connectivity index (χ1v) is 10.4. The summed E-state index contributed by atoms with van der Waals surface area (Å²) in [6.45, 7) is 2.61. The Morgan fingerprint density at radius 2 is 1.74 bits per heavy atom. The minimum absolute atomic E-state index is 0.290. The number of fused-ring (bicyclic) bond motifs is 1. The van der Waals surface area contributed by atoms with Crippen LogP contribution in [-0.4, -0.2) is 52.0 Å². The number of amides is 1. The predicted molar refractivity (Wildman–Crippen MR) is 122 cm³/mol. The Morgan fingerprint density at radius 3 is 2.38 bits per heavy atom. The molecule has 176 valence electrons. The first kappa shape index (κ1) is 22.8. The van der Waals surface area contributed by atoms with Gasteiger partial charge in [-0.05, 0) is 13.0 Å². The molecule has 0 unspecified atom stereocenters. The van der Waals surface area contributed by atoms with Gasteiger partial charge in [0.1, 0.15) is 18.0 Å². The molecular formula is C23H24N6O5. The van der Waals surface area contributed by atoms with Crippen LogP contribution in [0, 0.1) is 0 Å². The first-order chi connectivity index (χ1) is 16.5.